The minimum absolute atomic E-state index is 0.0283. The van der Waals surface area contributed by atoms with Gasteiger partial charge in [-0.15, -0.1) is 0 Å². The summed E-state index contributed by atoms with van der Waals surface area (Å²) >= 11 is 0. The highest BCUT2D eigenvalue weighted by atomic mass is 32.2. The second-order valence-corrected chi connectivity index (χ2v) is 10.8. The molecule has 1 aliphatic heterocycles. The van der Waals surface area contributed by atoms with Crippen molar-refractivity contribution in [2.24, 2.45) is 5.14 Å². The fraction of sp³-hybridized carbons (Fsp3) is 0.214. The van der Waals surface area contributed by atoms with Crippen LogP contribution in [0.1, 0.15) is 47.8 Å². The predicted molar refractivity (Wildman–Crippen MR) is 134 cm³/mol. The monoisotopic (exact) mass is 486 g/mol. The molecule has 5 rings (SSSR count). The predicted octanol–water partition coefficient (Wildman–Crippen LogP) is 4.56. The molecular weight excluding hydrogens is 460 g/mol. The summed E-state index contributed by atoms with van der Waals surface area (Å²) in [5, 5.41) is 5.25. The molecule has 1 amide bonds. The summed E-state index contributed by atoms with van der Waals surface area (Å²) < 4.78 is 23.5. The summed E-state index contributed by atoms with van der Waals surface area (Å²) in [6, 6.07) is 23.8. The number of primary sulfonamides is 1. The normalized spacial score (nSPS) is 20.7. The highest BCUT2D eigenvalue weighted by Gasteiger charge is 2.42. The van der Waals surface area contributed by atoms with Crippen LogP contribution in [0.3, 0.4) is 0 Å². The summed E-state index contributed by atoms with van der Waals surface area (Å²) in [5.41, 5.74) is 4.99. The van der Waals surface area contributed by atoms with E-state index in [1.165, 1.54) is 12.1 Å². The van der Waals surface area contributed by atoms with E-state index in [2.05, 4.69) is 0 Å². The van der Waals surface area contributed by atoms with Gasteiger partial charge in [0.1, 0.15) is 0 Å². The van der Waals surface area contributed by atoms with Crippen molar-refractivity contribution in [3.05, 3.63) is 107 Å². The summed E-state index contributed by atoms with van der Waals surface area (Å²) in [4.78, 5) is 28.8. The van der Waals surface area contributed by atoms with E-state index in [0.717, 1.165) is 16.7 Å². The molecule has 2 unspecified atom stereocenters. The minimum atomic E-state index is -3.86. The van der Waals surface area contributed by atoms with Crippen molar-refractivity contribution < 1.29 is 18.0 Å². The number of sulfonamides is 1. The molecular formula is C28H26N2O4S. The van der Waals surface area contributed by atoms with Crippen LogP contribution in [0.2, 0.25) is 0 Å². The average molecular weight is 487 g/mol. The molecule has 1 aliphatic carbocycles. The van der Waals surface area contributed by atoms with Crippen LogP contribution in [0.25, 0.3) is 0 Å². The smallest absolute Gasteiger partial charge is 0.238 e. The summed E-state index contributed by atoms with van der Waals surface area (Å²) in [6.45, 7) is 2.00. The molecule has 1 heterocycles. The van der Waals surface area contributed by atoms with Crippen molar-refractivity contribution in [1.82, 2.24) is 0 Å². The number of carbonyl (C=O) groups excluding carboxylic acids is 2. The fourth-order valence-corrected chi connectivity index (χ4v) is 5.77. The molecule has 178 valence electrons. The second kappa shape index (κ2) is 8.91. The van der Waals surface area contributed by atoms with Gasteiger partial charge in [0.2, 0.25) is 15.9 Å². The number of anilines is 1. The van der Waals surface area contributed by atoms with Crippen LogP contribution < -0.4 is 10.0 Å². The first-order valence-corrected chi connectivity index (χ1v) is 13.1. The van der Waals surface area contributed by atoms with E-state index in [1.807, 2.05) is 61.5 Å². The highest BCUT2D eigenvalue weighted by molar-refractivity contribution is 7.89. The third kappa shape index (κ3) is 4.45. The van der Waals surface area contributed by atoms with Gasteiger partial charge < -0.3 is 0 Å². The lowest BCUT2D eigenvalue weighted by Crippen LogP contribution is -2.41. The summed E-state index contributed by atoms with van der Waals surface area (Å²) in [7, 11) is -3.86. The van der Waals surface area contributed by atoms with Crippen molar-refractivity contribution in [2.45, 2.75) is 42.9 Å². The molecule has 7 heteroatoms. The van der Waals surface area contributed by atoms with Crippen molar-refractivity contribution in [2.75, 3.05) is 4.90 Å². The number of nitrogens with zero attached hydrogens (tertiary/aromatic N) is 1. The first-order chi connectivity index (χ1) is 16.7. The lowest BCUT2D eigenvalue weighted by Gasteiger charge is -2.40. The number of aryl methyl sites for hydroxylation is 1. The van der Waals surface area contributed by atoms with Crippen molar-refractivity contribution >= 4 is 27.4 Å². The maximum absolute atomic E-state index is 13.7. The Hall–Kier alpha value is -3.55. The Morgan fingerprint density at radius 2 is 1.51 bits per heavy atom. The Morgan fingerprint density at radius 1 is 0.829 bits per heavy atom. The Bertz CT molecular complexity index is 1440. The maximum atomic E-state index is 13.7. The minimum Gasteiger partial charge on any atom is -0.294 e. The topological polar surface area (TPSA) is 97.5 Å². The molecule has 3 aromatic carbocycles. The number of ketones is 1. The Labute approximate surface area is 205 Å². The SMILES string of the molecule is Cc1cccc(C2CC(=O)N(c3ccc(S(N)(=O)=O)cc3)C3=C2C(=O)CC(c2ccccc2)C3)c1. The Balaban J connectivity index is 1.64. The fourth-order valence-electron chi connectivity index (χ4n) is 5.25. The van der Waals surface area contributed by atoms with E-state index >= 15 is 0 Å². The molecule has 3 aromatic rings. The number of Topliss-reactive ketones (excluding diaryl/α,β-unsaturated/α-hetero) is 1. The number of nitrogens with two attached hydrogens (primary N) is 1. The molecule has 2 atom stereocenters. The Kier molecular flexibility index (Phi) is 5.91. The van der Waals surface area contributed by atoms with Gasteiger partial charge in [0.05, 0.1) is 4.90 Å². The van der Waals surface area contributed by atoms with Crippen LogP contribution >= 0.6 is 0 Å². The van der Waals surface area contributed by atoms with Crippen LogP contribution in [0.4, 0.5) is 5.69 Å². The standard InChI is InChI=1S/C28H26N2O4S/c1-18-6-5-9-20(14-18)24-17-27(32)30(22-10-12-23(13-11-22)35(29,33)34)25-15-21(16-26(31)28(24)25)19-7-3-2-4-8-19/h2-14,21,24H,15-17H2,1H3,(H2,29,33,34). The zero-order valence-corrected chi connectivity index (χ0v) is 20.2. The summed E-state index contributed by atoms with van der Waals surface area (Å²) in [5.74, 6) is -0.426. The second-order valence-electron chi connectivity index (χ2n) is 9.24. The molecule has 0 spiro atoms. The third-order valence-electron chi connectivity index (χ3n) is 6.87. The van der Waals surface area contributed by atoms with Gasteiger partial charge in [-0.25, -0.2) is 13.6 Å². The zero-order valence-electron chi connectivity index (χ0n) is 19.3. The van der Waals surface area contributed by atoms with Crippen LogP contribution in [-0.2, 0) is 19.6 Å². The van der Waals surface area contributed by atoms with E-state index in [0.29, 0.717) is 29.8 Å². The highest BCUT2D eigenvalue weighted by Crippen LogP contribution is 2.47. The van der Waals surface area contributed by atoms with Crippen molar-refractivity contribution in [3.8, 4) is 0 Å². The zero-order chi connectivity index (χ0) is 24.7. The van der Waals surface area contributed by atoms with Gasteiger partial charge in [0, 0.05) is 35.7 Å². The molecule has 0 fully saturated rings. The van der Waals surface area contributed by atoms with Crippen LogP contribution in [0, 0.1) is 6.92 Å². The third-order valence-corrected chi connectivity index (χ3v) is 7.80. The molecule has 0 radical (unpaired) electrons. The van der Waals surface area contributed by atoms with E-state index in [4.69, 9.17) is 5.14 Å². The Morgan fingerprint density at radius 3 is 2.17 bits per heavy atom. The number of allylic oxidation sites excluding steroid dienone is 2. The number of rotatable bonds is 4. The molecule has 35 heavy (non-hydrogen) atoms. The molecule has 6 nitrogen and oxygen atoms in total. The molecule has 0 bridgehead atoms. The van der Waals surface area contributed by atoms with E-state index in [-0.39, 0.29) is 34.8 Å². The first kappa shape index (κ1) is 23.2. The number of benzene rings is 3. The summed E-state index contributed by atoms with van der Waals surface area (Å²) in [6.07, 6.45) is 1.09. The first-order valence-electron chi connectivity index (χ1n) is 11.6. The number of carbonyl (C=O) groups is 2. The van der Waals surface area contributed by atoms with Gasteiger partial charge in [-0.05, 0) is 54.7 Å². The van der Waals surface area contributed by atoms with Gasteiger partial charge in [0.15, 0.2) is 5.78 Å². The molecule has 2 aliphatic rings. The number of hydrogen-bond acceptors (Lipinski definition) is 4. The lowest BCUT2D eigenvalue weighted by atomic mass is 9.72. The van der Waals surface area contributed by atoms with Crippen molar-refractivity contribution in [1.29, 1.82) is 0 Å². The largest absolute Gasteiger partial charge is 0.294 e. The van der Waals surface area contributed by atoms with E-state index < -0.39 is 10.0 Å². The van der Waals surface area contributed by atoms with Gasteiger partial charge in [-0.3, -0.25) is 14.5 Å². The van der Waals surface area contributed by atoms with Gasteiger partial charge in [-0.1, -0.05) is 60.2 Å². The van der Waals surface area contributed by atoms with E-state index in [9.17, 15) is 18.0 Å². The quantitative estimate of drug-likeness (QED) is 0.584. The average Bonchev–Trinajstić information content (AvgIpc) is 2.83. The van der Waals surface area contributed by atoms with Crippen LogP contribution in [0.15, 0.2) is 95.0 Å². The number of hydrogen-bond donors (Lipinski definition) is 1. The molecule has 0 saturated heterocycles. The van der Waals surface area contributed by atoms with Crippen LogP contribution in [-0.4, -0.2) is 20.1 Å². The lowest BCUT2D eigenvalue weighted by molar-refractivity contribution is -0.120. The molecule has 2 N–H and O–H groups in total. The van der Waals surface area contributed by atoms with E-state index in [1.54, 1.807) is 17.0 Å². The molecule has 0 saturated carbocycles. The van der Waals surface area contributed by atoms with Gasteiger partial charge >= 0.3 is 0 Å². The molecule has 0 aromatic heterocycles. The van der Waals surface area contributed by atoms with Gasteiger partial charge in [-0.2, -0.15) is 0 Å². The van der Waals surface area contributed by atoms with Crippen molar-refractivity contribution in [3.63, 3.8) is 0 Å². The van der Waals surface area contributed by atoms with Gasteiger partial charge in [0.25, 0.3) is 0 Å². The number of amides is 1. The van der Waals surface area contributed by atoms with Crippen LogP contribution in [0.5, 0.6) is 0 Å². The maximum Gasteiger partial charge on any atom is 0.238 e.